The topological polar surface area (TPSA) is 36.4 Å². The maximum Gasteiger partial charge on any atom is 0.139 e. The van der Waals surface area contributed by atoms with Crippen LogP contribution in [0.4, 0.5) is 0 Å². The van der Waals surface area contributed by atoms with Crippen LogP contribution in [-0.2, 0) is 0 Å². The Hall–Kier alpha value is -0.960. The predicted molar refractivity (Wildman–Crippen MR) is 45.2 cm³/mol. The van der Waals surface area contributed by atoms with Crippen molar-refractivity contribution in [3.05, 3.63) is 24.4 Å². The van der Waals surface area contributed by atoms with Gasteiger partial charge in [0.15, 0.2) is 0 Å². The summed E-state index contributed by atoms with van der Waals surface area (Å²) in [6.45, 7) is 0. The highest BCUT2D eigenvalue weighted by Crippen LogP contribution is 1.81. The molecule has 0 unspecified atom stereocenters. The van der Waals surface area contributed by atoms with Gasteiger partial charge in [0.05, 0.1) is 0 Å². The molecule has 56 valence electrons. The van der Waals surface area contributed by atoms with Crippen LogP contribution in [0.25, 0.3) is 0 Å². The number of nitrogens with zero attached hydrogens (tertiary/aromatic N) is 1. The van der Waals surface area contributed by atoms with Gasteiger partial charge in [0.1, 0.15) is 5.84 Å². The molecule has 1 aliphatic heterocycles. The van der Waals surface area contributed by atoms with Crippen LogP contribution < -0.4 is 10.9 Å². The summed E-state index contributed by atoms with van der Waals surface area (Å²) < 4.78 is 0. The Kier molecular flexibility index (Phi) is 4.41. The number of rotatable bonds is 0. The van der Waals surface area contributed by atoms with Crippen LogP contribution in [0, 0.1) is 0 Å². The summed E-state index contributed by atoms with van der Waals surface area (Å²) in [5, 5.41) is 0. The third-order valence-electron chi connectivity index (χ3n) is 0.986. The van der Waals surface area contributed by atoms with Gasteiger partial charge in [0, 0.05) is 13.2 Å². The van der Waals surface area contributed by atoms with Crippen molar-refractivity contribution < 1.29 is 0 Å². The normalized spacial score (nSPS) is 18.7. The van der Waals surface area contributed by atoms with E-state index in [9.17, 15) is 0 Å². The molecule has 0 amide bonds. The molecule has 0 spiro atoms. The van der Waals surface area contributed by atoms with Gasteiger partial charge < -0.3 is 5.43 Å². The van der Waals surface area contributed by atoms with Crippen molar-refractivity contribution in [1.82, 2.24) is 10.9 Å². The van der Waals surface area contributed by atoms with E-state index in [1.54, 1.807) is 13.2 Å². The third kappa shape index (κ3) is 2.55. The van der Waals surface area contributed by atoms with Gasteiger partial charge >= 0.3 is 0 Å². The van der Waals surface area contributed by atoms with Crippen LogP contribution in [0.1, 0.15) is 0 Å². The Morgan fingerprint density at radius 2 is 2.20 bits per heavy atom. The summed E-state index contributed by atoms with van der Waals surface area (Å²) in [4.78, 5) is 3.92. The van der Waals surface area contributed by atoms with Crippen molar-refractivity contribution >= 4 is 18.2 Å². The van der Waals surface area contributed by atoms with Crippen molar-refractivity contribution in [2.24, 2.45) is 4.99 Å². The highest BCUT2D eigenvalue weighted by atomic mass is 35.5. The van der Waals surface area contributed by atoms with Crippen LogP contribution in [0.15, 0.2) is 29.4 Å². The maximum absolute atomic E-state index is 3.92. The zero-order valence-electron chi connectivity index (χ0n) is 5.66. The van der Waals surface area contributed by atoms with E-state index in [0.29, 0.717) is 0 Å². The van der Waals surface area contributed by atoms with Gasteiger partial charge in [0.25, 0.3) is 0 Å². The second-order valence-corrected chi connectivity index (χ2v) is 1.60. The van der Waals surface area contributed by atoms with Crippen LogP contribution in [0.5, 0.6) is 0 Å². The van der Waals surface area contributed by atoms with Crippen molar-refractivity contribution in [2.45, 2.75) is 0 Å². The SMILES string of the molecule is CN=C1C=CC=CNN1.Cl. The summed E-state index contributed by atoms with van der Waals surface area (Å²) in [7, 11) is 1.74. The van der Waals surface area contributed by atoms with E-state index in [1.807, 2.05) is 18.2 Å². The summed E-state index contributed by atoms with van der Waals surface area (Å²) in [5.74, 6) is 0.833. The highest BCUT2D eigenvalue weighted by molar-refractivity contribution is 5.92. The minimum absolute atomic E-state index is 0. The van der Waals surface area contributed by atoms with E-state index in [1.165, 1.54) is 0 Å². The molecule has 0 saturated heterocycles. The summed E-state index contributed by atoms with van der Waals surface area (Å²) in [6, 6.07) is 0. The van der Waals surface area contributed by atoms with E-state index >= 15 is 0 Å². The Labute approximate surface area is 66.3 Å². The van der Waals surface area contributed by atoms with Crippen LogP contribution >= 0.6 is 12.4 Å². The second kappa shape index (κ2) is 4.88. The first-order valence-electron chi connectivity index (χ1n) is 2.75. The number of amidine groups is 1. The lowest BCUT2D eigenvalue weighted by Gasteiger charge is -2.00. The standard InChI is InChI=1S/C6H9N3.ClH/c1-7-6-4-2-3-5-8-9-6;/h2-5,8H,1H3,(H,7,9);1H. The zero-order valence-corrected chi connectivity index (χ0v) is 6.48. The number of hydrogen-bond acceptors (Lipinski definition) is 2. The zero-order chi connectivity index (χ0) is 6.53. The summed E-state index contributed by atoms with van der Waals surface area (Å²) >= 11 is 0. The van der Waals surface area contributed by atoms with Crippen molar-refractivity contribution in [3.8, 4) is 0 Å². The molecule has 0 saturated carbocycles. The minimum Gasteiger partial charge on any atom is -0.307 e. The van der Waals surface area contributed by atoms with Crippen molar-refractivity contribution in [3.63, 3.8) is 0 Å². The molecular formula is C6H10ClN3. The number of halogens is 1. The fraction of sp³-hybridized carbons (Fsp3) is 0.167. The molecule has 0 aliphatic carbocycles. The second-order valence-electron chi connectivity index (χ2n) is 1.60. The lowest BCUT2D eigenvalue weighted by atomic mass is 10.4. The number of allylic oxidation sites excluding steroid dienone is 2. The Morgan fingerprint density at radius 1 is 1.40 bits per heavy atom. The summed E-state index contributed by atoms with van der Waals surface area (Å²) in [6.07, 6.45) is 7.49. The molecule has 1 heterocycles. The quantitative estimate of drug-likeness (QED) is 0.544. The molecule has 0 radical (unpaired) electrons. The number of hydrogen-bond donors (Lipinski definition) is 2. The van der Waals surface area contributed by atoms with Gasteiger partial charge in [-0.1, -0.05) is 6.08 Å². The molecule has 3 nitrogen and oxygen atoms in total. The number of nitrogens with one attached hydrogen (secondary N) is 2. The Morgan fingerprint density at radius 3 is 2.90 bits per heavy atom. The fourth-order valence-corrected chi connectivity index (χ4v) is 0.538. The lowest BCUT2D eigenvalue weighted by molar-refractivity contribution is 0.823. The van der Waals surface area contributed by atoms with Gasteiger partial charge in [-0.05, 0) is 12.2 Å². The number of hydrazine groups is 1. The highest BCUT2D eigenvalue weighted by Gasteiger charge is 1.87. The van der Waals surface area contributed by atoms with Gasteiger partial charge in [-0.25, -0.2) is 0 Å². The number of aliphatic imine (C=N–C) groups is 1. The monoisotopic (exact) mass is 159 g/mol. The smallest absolute Gasteiger partial charge is 0.139 e. The van der Waals surface area contributed by atoms with Gasteiger partial charge in [-0.3, -0.25) is 10.4 Å². The molecule has 0 aromatic heterocycles. The van der Waals surface area contributed by atoms with Gasteiger partial charge in [-0.15, -0.1) is 12.4 Å². The predicted octanol–water partition coefficient (Wildman–Crippen LogP) is 0.614. The molecular weight excluding hydrogens is 150 g/mol. The first kappa shape index (κ1) is 9.04. The molecule has 10 heavy (non-hydrogen) atoms. The molecule has 1 aliphatic rings. The molecule has 0 aromatic carbocycles. The first-order chi connectivity index (χ1) is 4.43. The van der Waals surface area contributed by atoms with Crippen LogP contribution in [0.2, 0.25) is 0 Å². The molecule has 0 fully saturated rings. The van der Waals surface area contributed by atoms with E-state index in [4.69, 9.17) is 0 Å². The third-order valence-corrected chi connectivity index (χ3v) is 0.986. The van der Waals surface area contributed by atoms with E-state index < -0.39 is 0 Å². The molecule has 0 atom stereocenters. The minimum atomic E-state index is 0. The van der Waals surface area contributed by atoms with E-state index in [-0.39, 0.29) is 12.4 Å². The Balaban J connectivity index is 0.000000810. The first-order valence-corrected chi connectivity index (χ1v) is 2.75. The van der Waals surface area contributed by atoms with Crippen molar-refractivity contribution in [1.29, 1.82) is 0 Å². The fourth-order valence-electron chi connectivity index (χ4n) is 0.538. The molecule has 0 bridgehead atoms. The lowest BCUT2D eigenvalue weighted by Crippen LogP contribution is -2.31. The van der Waals surface area contributed by atoms with Gasteiger partial charge in [0.2, 0.25) is 0 Å². The molecule has 0 aromatic rings. The van der Waals surface area contributed by atoms with Crippen LogP contribution in [0.3, 0.4) is 0 Å². The average Bonchev–Trinajstić information content (AvgIpc) is 2.13. The van der Waals surface area contributed by atoms with Crippen LogP contribution in [-0.4, -0.2) is 12.9 Å². The van der Waals surface area contributed by atoms with E-state index in [0.717, 1.165) is 5.84 Å². The maximum atomic E-state index is 3.92. The molecule has 4 heteroatoms. The molecule has 2 N–H and O–H groups in total. The summed E-state index contributed by atoms with van der Waals surface area (Å²) in [5.41, 5.74) is 5.68. The average molecular weight is 160 g/mol. The molecule has 1 rings (SSSR count). The van der Waals surface area contributed by atoms with Gasteiger partial charge in [-0.2, -0.15) is 0 Å². The largest absolute Gasteiger partial charge is 0.307 e. The Bertz CT molecular complexity index is 172. The van der Waals surface area contributed by atoms with E-state index in [2.05, 4.69) is 15.8 Å². The van der Waals surface area contributed by atoms with Crippen molar-refractivity contribution in [2.75, 3.05) is 7.05 Å².